The predicted octanol–water partition coefficient (Wildman–Crippen LogP) is 3.21. The first-order chi connectivity index (χ1) is 9.01. The van der Waals surface area contributed by atoms with Crippen molar-refractivity contribution in [3.63, 3.8) is 0 Å². The van der Waals surface area contributed by atoms with Gasteiger partial charge in [0.15, 0.2) is 0 Å². The highest BCUT2D eigenvalue weighted by Crippen LogP contribution is 2.25. The summed E-state index contributed by atoms with van der Waals surface area (Å²) in [7, 11) is 1.58. The van der Waals surface area contributed by atoms with Gasteiger partial charge in [-0.05, 0) is 37.1 Å². The van der Waals surface area contributed by atoms with E-state index in [4.69, 9.17) is 10.5 Å². The van der Waals surface area contributed by atoms with E-state index in [0.717, 1.165) is 22.5 Å². The van der Waals surface area contributed by atoms with Crippen LogP contribution >= 0.6 is 11.3 Å². The second-order valence-electron chi connectivity index (χ2n) is 4.33. The molecule has 0 fully saturated rings. The van der Waals surface area contributed by atoms with Crippen LogP contribution < -0.4 is 15.8 Å². The molecule has 0 aliphatic heterocycles. The van der Waals surface area contributed by atoms with Crippen LogP contribution in [0.15, 0.2) is 23.6 Å². The highest BCUT2D eigenvalue weighted by atomic mass is 32.1. The molecule has 1 heterocycles. The number of aryl methyl sites for hydroxylation is 2. The van der Waals surface area contributed by atoms with Gasteiger partial charge in [0.25, 0.3) is 5.91 Å². The van der Waals surface area contributed by atoms with E-state index in [-0.39, 0.29) is 5.91 Å². The molecule has 2 rings (SSSR count). The average molecular weight is 276 g/mol. The van der Waals surface area contributed by atoms with E-state index in [1.54, 1.807) is 18.6 Å². The van der Waals surface area contributed by atoms with Crippen molar-refractivity contribution in [1.29, 1.82) is 0 Å². The summed E-state index contributed by atoms with van der Waals surface area (Å²) in [5.41, 5.74) is 9.23. The van der Waals surface area contributed by atoms with Gasteiger partial charge in [-0.25, -0.2) is 0 Å². The number of hydrogen-bond donors (Lipinski definition) is 2. The third-order valence-corrected chi connectivity index (χ3v) is 3.80. The largest absolute Gasteiger partial charge is 0.496 e. The maximum Gasteiger partial charge on any atom is 0.265 e. The van der Waals surface area contributed by atoms with Crippen LogP contribution in [0, 0.1) is 13.8 Å². The van der Waals surface area contributed by atoms with E-state index in [1.807, 2.05) is 26.0 Å². The molecule has 19 heavy (non-hydrogen) atoms. The van der Waals surface area contributed by atoms with Crippen LogP contribution in [0.3, 0.4) is 0 Å². The standard InChI is InChI=1S/C14H16N2O2S/c1-8-5-12(9(2)4-11(8)15)16-14(17)13-6-10(18-3)7-19-13/h4-7H,15H2,1-3H3,(H,16,17). The third-order valence-electron chi connectivity index (χ3n) is 2.90. The van der Waals surface area contributed by atoms with Gasteiger partial charge in [0.2, 0.25) is 0 Å². The lowest BCUT2D eigenvalue weighted by Crippen LogP contribution is -2.11. The van der Waals surface area contributed by atoms with Crippen molar-refractivity contribution in [2.45, 2.75) is 13.8 Å². The monoisotopic (exact) mass is 276 g/mol. The van der Waals surface area contributed by atoms with Crippen molar-refractivity contribution in [3.05, 3.63) is 39.6 Å². The Morgan fingerprint density at radius 1 is 1.26 bits per heavy atom. The summed E-state index contributed by atoms with van der Waals surface area (Å²) in [6.07, 6.45) is 0. The molecule has 0 spiro atoms. The van der Waals surface area contributed by atoms with E-state index in [2.05, 4.69) is 5.32 Å². The van der Waals surface area contributed by atoms with E-state index < -0.39 is 0 Å². The number of nitrogens with one attached hydrogen (secondary N) is 1. The van der Waals surface area contributed by atoms with Crippen molar-refractivity contribution in [3.8, 4) is 5.75 Å². The number of amides is 1. The fourth-order valence-electron chi connectivity index (χ4n) is 1.70. The van der Waals surface area contributed by atoms with E-state index in [9.17, 15) is 4.79 Å². The van der Waals surface area contributed by atoms with Gasteiger partial charge in [-0.1, -0.05) is 0 Å². The Balaban J connectivity index is 2.21. The van der Waals surface area contributed by atoms with Crippen LogP contribution in [0.1, 0.15) is 20.8 Å². The van der Waals surface area contributed by atoms with E-state index in [1.165, 1.54) is 11.3 Å². The fourth-order valence-corrected chi connectivity index (χ4v) is 2.45. The Morgan fingerprint density at radius 3 is 2.63 bits per heavy atom. The number of hydrogen-bond acceptors (Lipinski definition) is 4. The lowest BCUT2D eigenvalue weighted by atomic mass is 10.1. The summed E-state index contributed by atoms with van der Waals surface area (Å²) in [6.45, 7) is 3.83. The minimum atomic E-state index is -0.138. The Bertz CT molecular complexity index is 620. The number of benzene rings is 1. The minimum absolute atomic E-state index is 0.138. The number of nitrogen functional groups attached to an aromatic ring is 1. The second-order valence-corrected chi connectivity index (χ2v) is 5.24. The highest BCUT2D eigenvalue weighted by molar-refractivity contribution is 7.12. The van der Waals surface area contributed by atoms with E-state index >= 15 is 0 Å². The quantitative estimate of drug-likeness (QED) is 0.846. The Hall–Kier alpha value is -2.01. The zero-order chi connectivity index (χ0) is 14.0. The van der Waals surface area contributed by atoms with Gasteiger partial charge in [-0.3, -0.25) is 4.79 Å². The summed E-state index contributed by atoms with van der Waals surface area (Å²) in [4.78, 5) is 12.7. The number of anilines is 2. The molecule has 0 radical (unpaired) electrons. The van der Waals surface area contributed by atoms with Crippen molar-refractivity contribution in [2.75, 3.05) is 18.2 Å². The number of rotatable bonds is 3. The summed E-state index contributed by atoms with van der Waals surface area (Å²) in [5.74, 6) is 0.556. The lowest BCUT2D eigenvalue weighted by Gasteiger charge is -2.10. The molecule has 0 aliphatic rings. The van der Waals surface area contributed by atoms with E-state index in [0.29, 0.717) is 10.6 Å². The molecule has 0 atom stereocenters. The van der Waals surface area contributed by atoms with Gasteiger partial charge in [0.05, 0.1) is 12.0 Å². The maximum atomic E-state index is 12.1. The molecular formula is C14H16N2O2S. The highest BCUT2D eigenvalue weighted by Gasteiger charge is 2.11. The molecule has 0 aliphatic carbocycles. The Kier molecular flexibility index (Phi) is 3.76. The molecule has 0 saturated heterocycles. The molecule has 4 nitrogen and oxygen atoms in total. The second kappa shape index (κ2) is 5.32. The zero-order valence-corrected chi connectivity index (χ0v) is 11.9. The van der Waals surface area contributed by atoms with Crippen molar-refractivity contribution in [1.82, 2.24) is 0 Å². The number of carbonyl (C=O) groups is 1. The molecule has 100 valence electrons. The minimum Gasteiger partial charge on any atom is -0.496 e. The first kappa shape index (κ1) is 13.4. The summed E-state index contributed by atoms with van der Waals surface area (Å²) < 4.78 is 5.07. The van der Waals surface area contributed by atoms with Gasteiger partial charge in [-0.15, -0.1) is 11.3 Å². The molecule has 2 aromatic rings. The van der Waals surface area contributed by atoms with Crippen LogP contribution in [-0.2, 0) is 0 Å². The first-order valence-corrected chi connectivity index (χ1v) is 6.70. The van der Waals surface area contributed by atoms with Gasteiger partial charge in [0, 0.05) is 22.8 Å². The topological polar surface area (TPSA) is 64.3 Å². The molecule has 0 unspecified atom stereocenters. The molecule has 3 N–H and O–H groups in total. The van der Waals surface area contributed by atoms with Gasteiger partial charge in [0.1, 0.15) is 5.75 Å². The summed E-state index contributed by atoms with van der Waals surface area (Å²) in [6, 6.07) is 5.47. The van der Waals surface area contributed by atoms with Crippen LogP contribution in [-0.4, -0.2) is 13.0 Å². The number of methoxy groups -OCH3 is 1. The lowest BCUT2D eigenvalue weighted by molar-refractivity contribution is 0.103. The molecule has 0 saturated carbocycles. The Morgan fingerprint density at radius 2 is 2.00 bits per heavy atom. The maximum absolute atomic E-state index is 12.1. The normalized spacial score (nSPS) is 10.3. The van der Waals surface area contributed by atoms with Crippen LogP contribution in [0.25, 0.3) is 0 Å². The van der Waals surface area contributed by atoms with Gasteiger partial charge < -0.3 is 15.8 Å². The zero-order valence-electron chi connectivity index (χ0n) is 11.1. The molecule has 1 amide bonds. The predicted molar refractivity (Wildman–Crippen MR) is 79.2 cm³/mol. The van der Waals surface area contributed by atoms with Gasteiger partial charge >= 0.3 is 0 Å². The SMILES string of the molecule is COc1csc(C(=O)Nc2cc(C)c(N)cc2C)c1. The van der Waals surface area contributed by atoms with Crippen LogP contribution in [0.2, 0.25) is 0 Å². The molecule has 5 heteroatoms. The van der Waals surface area contributed by atoms with Crippen molar-refractivity contribution < 1.29 is 9.53 Å². The molecular weight excluding hydrogens is 260 g/mol. The van der Waals surface area contributed by atoms with Gasteiger partial charge in [-0.2, -0.15) is 0 Å². The Labute approximate surface area is 116 Å². The molecule has 1 aromatic carbocycles. The van der Waals surface area contributed by atoms with Crippen LogP contribution in [0.5, 0.6) is 5.75 Å². The van der Waals surface area contributed by atoms with Crippen molar-refractivity contribution >= 4 is 28.6 Å². The van der Waals surface area contributed by atoms with Crippen molar-refractivity contribution in [2.24, 2.45) is 0 Å². The summed E-state index contributed by atoms with van der Waals surface area (Å²) >= 11 is 1.35. The number of nitrogens with two attached hydrogens (primary N) is 1. The molecule has 0 bridgehead atoms. The first-order valence-electron chi connectivity index (χ1n) is 5.82. The number of thiophene rings is 1. The van der Waals surface area contributed by atoms with Crippen LogP contribution in [0.4, 0.5) is 11.4 Å². The average Bonchev–Trinajstić information content (AvgIpc) is 2.84. The number of carbonyl (C=O) groups excluding carboxylic acids is 1. The third kappa shape index (κ3) is 2.88. The smallest absolute Gasteiger partial charge is 0.265 e. The summed E-state index contributed by atoms with van der Waals surface area (Å²) in [5, 5.41) is 4.69. The fraction of sp³-hybridized carbons (Fsp3) is 0.214. The number of ether oxygens (including phenoxy) is 1. The molecule has 1 aromatic heterocycles.